The summed E-state index contributed by atoms with van der Waals surface area (Å²) in [5.74, 6) is -1.41. The minimum absolute atomic E-state index is 0.147. The van der Waals surface area contributed by atoms with Gasteiger partial charge in [0.2, 0.25) is 0 Å². The number of aryl methyl sites for hydroxylation is 1. The average Bonchev–Trinajstić information content (AvgIpc) is 3.46. The summed E-state index contributed by atoms with van der Waals surface area (Å²) >= 11 is 0. The molecule has 0 aliphatic carbocycles. The topological polar surface area (TPSA) is 136 Å². The molecule has 3 fully saturated rings. The highest BCUT2D eigenvalue weighted by Crippen LogP contribution is 2.41. The summed E-state index contributed by atoms with van der Waals surface area (Å²) in [6.07, 6.45) is -1.87. The molecule has 0 radical (unpaired) electrons. The minimum atomic E-state index is -1.16. The van der Waals surface area contributed by atoms with Crippen molar-refractivity contribution in [1.82, 2.24) is 4.90 Å². The molecule has 3 heterocycles. The lowest BCUT2D eigenvalue weighted by Crippen LogP contribution is -2.52. The number of amides is 1. The molecule has 3 saturated heterocycles. The van der Waals surface area contributed by atoms with Crippen LogP contribution in [0.1, 0.15) is 66.7 Å². The Labute approximate surface area is 251 Å². The molecule has 1 amide bonds. The smallest absolute Gasteiger partial charge is 0.328 e. The number of likely N-dealkylation sites (tertiary alicyclic amines) is 1. The Morgan fingerprint density at radius 3 is 2.47 bits per heavy atom. The molecule has 0 saturated carbocycles. The first-order chi connectivity index (χ1) is 20.5. The Hall–Kier alpha value is -3.35. The van der Waals surface area contributed by atoms with E-state index in [0.717, 1.165) is 17.5 Å². The molecular formula is C32H40N2O9. The number of esters is 1. The first kappa shape index (κ1) is 31.1. The van der Waals surface area contributed by atoms with E-state index in [0.29, 0.717) is 17.5 Å². The zero-order valence-corrected chi connectivity index (χ0v) is 25.1. The molecule has 0 bridgehead atoms. The third kappa shape index (κ3) is 6.61. The van der Waals surface area contributed by atoms with Gasteiger partial charge < -0.3 is 38.9 Å². The second kappa shape index (κ2) is 12.7. The number of hydrogen-bond donors (Lipinski definition) is 2. The molecule has 2 aromatic rings. The average molecular weight is 597 g/mol. The highest BCUT2D eigenvalue weighted by Gasteiger charge is 2.56. The van der Waals surface area contributed by atoms with Crippen molar-refractivity contribution in [3.8, 4) is 0 Å². The van der Waals surface area contributed by atoms with Gasteiger partial charge in [0.1, 0.15) is 37.1 Å². The summed E-state index contributed by atoms with van der Waals surface area (Å²) in [6.45, 7) is 7.34. The van der Waals surface area contributed by atoms with Crippen LogP contribution in [-0.4, -0.2) is 89.5 Å². The number of piperidine rings is 1. The first-order valence-corrected chi connectivity index (χ1v) is 14.6. The van der Waals surface area contributed by atoms with E-state index in [1.54, 1.807) is 43.0 Å². The zero-order valence-electron chi connectivity index (χ0n) is 25.1. The van der Waals surface area contributed by atoms with E-state index in [1.807, 2.05) is 31.2 Å². The van der Waals surface area contributed by atoms with E-state index in [4.69, 9.17) is 23.8 Å². The third-order valence-electron chi connectivity index (χ3n) is 8.31. The number of carbonyl (C=O) groups excluding carboxylic acids is 2. The van der Waals surface area contributed by atoms with Crippen LogP contribution >= 0.6 is 0 Å². The van der Waals surface area contributed by atoms with Crippen LogP contribution in [-0.2, 0) is 28.6 Å². The standard InChI is InChI=1S/C32H40N2O9/c1-18-6-11-21(12-7-18)25-19(2)8-15-23(30(38)39-5)34(25)29(37)22-13-9-20(10-14-22)16-33-40-17-24(35)27-26(36)28-31(41-27)43-32(3,4)42-28/h6-7,9-14,16,19,23-28,31,35-36H,8,15,17H2,1-5H3/t19-,23-,24+,25-,26-,27+,28+,31+/m0/s1. The van der Waals surface area contributed by atoms with Gasteiger partial charge in [0.25, 0.3) is 5.91 Å². The van der Waals surface area contributed by atoms with Crippen LogP contribution in [0.3, 0.4) is 0 Å². The van der Waals surface area contributed by atoms with E-state index in [1.165, 1.54) is 13.3 Å². The number of aliphatic hydroxyl groups excluding tert-OH is 2. The van der Waals surface area contributed by atoms with Crippen molar-refractivity contribution in [2.75, 3.05) is 13.7 Å². The molecule has 11 heteroatoms. The van der Waals surface area contributed by atoms with Gasteiger partial charge in [0.15, 0.2) is 12.1 Å². The van der Waals surface area contributed by atoms with Gasteiger partial charge >= 0.3 is 5.97 Å². The molecule has 2 N–H and O–H groups in total. The maximum Gasteiger partial charge on any atom is 0.328 e. The van der Waals surface area contributed by atoms with Crippen molar-refractivity contribution >= 4 is 18.1 Å². The number of methoxy groups -OCH3 is 1. The zero-order chi connectivity index (χ0) is 30.9. The van der Waals surface area contributed by atoms with Crippen molar-refractivity contribution in [3.63, 3.8) is 0 Å². The van der Waals surface area contributed by atoms with Crippen LogP contribution in [0.4, 0.5) is 0 Å². The van der Waals surface area contributed by atoms with E-state index < -0.39 is 48.5 Å². The summed E-state index contributed by atoms with van der Waals surface area (Å²) < 4.78 is 22.0. The fraction of sp³-hybridized carbons (Fsp3) is 0.531. The molecule has 5 rings (SSSR count). The highest BCUT2D eigenvalue weighted by atomic mass is 16.8. The number of rotatable bonds is 8. The van der Waals surface area contributed by atoms with E-state index in [2.05, 4.69) is 12.1 Å². The normalized spacial score (nSPS) is 30.7. The maximum atomic E-state index is 13.9. The van der Waals surface area contributed by atoms with Crippen LogP contribution < -0.4 is 0 Å². The molecule has 0 aromatic heterocycles. The summed E-state index contributed by atoms with van der Waals surface area (Å²) in [7, 11) is 1.34. The minimum Gasteiger partial charge on any atom is -0.467 e. The van der Waals surface area contributed by atoms with Gasteiger partial charge in [-0.1, -0.05) is 54.0 Å². The van der Waals surface area contributed by atoms with Crippen LogP contribution in [0.25, 0.3) is 0 Å². The fourth-order valence-electron chi connectivity index (χ4n) is 6.08. The Morgan fingerprint density at radius 2 is 1.81 bits per heavy atom. The lowest BCUT2D eigenvalue weighted by molar-refractivity contribution is -0.228. The SMILES string of the molecule is COC(=O)[C@@H]1CC[C@H](C)[C@@H](c2ccc(C)cc2)N1C(=O)c1ccc(C=NOC[C@@H](O)[C@H]2O[C@@H]3OC(C)(C)O[C@@H]3[C@H]2O)cc1. The molecule has 3 aliphatic heterocycles. The molecule has 0 spiro atoms. The van der Waals surface area contributed by atoms with Gasteiger partial charge in [-0.05, 0) is 62.8 Å². The van der Waals surface area contributed by atoms with Crippen LogP contribution in [0.5, 0.6) is 0 Å². The number of ether oxygens (including phenoxy) is 4. The van der Waals surface area contributed by atoms with Gasteiger partial charge in [0.05, 0.1) is 19.4 Å². The van der Waals surface area contributed by atoms with Crippen molar-refractivity contribution in [3.05, 3.63) is 70.8 Å². The van der Waals surface area contributed by atoms with Crippen molar-refractivity contribution in [2.24, 2.45) is 11.1 Å². The lowest BCUT2D eigenvalue weighted by atomic mass is 9.82. The molecule has 0 unspecified atom stereocenters. The lowest BCUT2D eigenvalue weighted by Gasteiger charge is -2.44. The van der Waals surface area contributed by atoms with Gasteiger partial charge in [0, 0.05) is 5.56 Å². The summed E-state index contributed by atoms with van der Waals surface area (Å²) in [5, 5.41) is 24.9. The number of carbonyl (C=O) groups is 2. The number of benzene rings is 2. The van der Waals surface area contributed by atoms with Gasteiger partial charge in [-0.2, -0.15) is 0 Å². The highest BCUT2D eigenvalue weighted by molar-refractivity contribution is 5.98. The van der Waals surface area contributed by atoms with Crippen LogP contribution in [0, 0.1) is 12.8 Å². The van der Waals surface area contributed by atoms with Crippen molar-refractivity contribution < 1.29 is 43.6 Å². The Kier molecular flexibility index (Phi) is 9.19. The van der Waals surface area contributed by atoms with E-state index in [-0.39, 0.29) is 24.5 Å². The number of fused-ring (bicyclic) bond motifs is 1. The molecule has 232 valence electrons. The molecule has 3 aliphatic rings. The van der Waals surface area contributed by atoms with Gasteiger partial charge in [-0.3, -0.25) is 4.79 Å². The number of aliphatic hydroxyl groups is 2. The Balaban J connectivity index is 1.22. The molecular weight excluding hydrogens is 556 g/mol. The van der Waals surface area contributed by atoms with Crippen LogP contribution in [0.2, 0.25) is 0 Å². The van der Waals surface area contributed by atoms with Crippen molar-refractivity contribution in [1.29, 1.82) is 0 Å². The second-order valence-corrected chi connectivity index (χ2v) is 11.9. The predicted octanol–water partition coefficient (Wildman–Crippen LogP) is 3.10. The molecule has 11 nitrogen and oxygen atoms in total. The molecule has 43 heavy (non-hydrogen) atoms. The predicted molar refractivity (Wildman–Crippen MR) is 155 cm³/mol. The summed E-state index contributed by atoms with van der Waals surface area (Å²) in [4.78, 5) is 33.6. The first-order valence-electron chi connectivity index (χ1n) is 14.6. The third-order valence-corrected chi connectivity index (χ3v) is 8.31. The largest absolute Gasteiger partial charge is 0.467 e. The quantitative estimate of drug-likeness (QED) is 0.268. The van der Waals surface area contributed by atoms with Gasteiger partial charge in [-0.25, -0.2) is 4.79 Å². The Morgan fingerprint density at radius 1 is 1.12 bits per heavy atom. The number of nitrogens with zero attached hydrogens (tertiary/aromatic N) is 2. The van der Waals surface area contributed by atoms with Gasteiger partial charge in [-0.15, -0.1) is 0 Å². The molecule has 2 aromatic carbocycles. The summed E-state index contributed by atoms with van der Waals surface area (Å²) in [5.41, 5.74) is 3.18. The molecule has 8 atom stereocenters. The van der Waals surface area contributed by atoms with Crippen molar-refractivity contribution in [2.45, 2.75) is 89.1 Å². The van der Waals surface area contributed by atoms with Crippen LogP contribution in [0.15, 0.2) is 53.7 Å². The Bertz CT molecular complexity index is 1310. The number of oxime groups is 1. The fourth-order valence-corrected chi connectivity index (χ4v) is 6.08. The van der Waals surface area contributed by atoms with E-state index in [9.17, 15) is 19.8 Å². The van der Waals surface area contributed by atoms with E-state index >= 15 is 0 Å². The number of hydrogen-bond acceptors (Lipinski definition) is 10. The monoisotopic (exact) mass is 596 g/mol. The summed E-state index contributed by atoms with van der Waals surface area (Å²) in [6, 6.07) is 13.9. The maximum absolute atomic E-state index is 13.9. The second-order valence-electron chi connectivity index (χ2n) is 11.9.